The van der Waals surface area contributed by atoms with E-state index in [1.807, 2.05) is 0 Å². The van der Waals surface area contributed by atoms with Gasteiger partial charge in [-0.3, -0.25) is 0 Å². The molecule has 0 heterocycles. The first-order valence-corrected chi connectivity index (χ1v) is 14.0. The zero-order valence-electron chi connectivity index (χ0n) is 23.0. The molecule has 0 amide bonds. The molecule has 0 radical (unpaired) electrons. The highest BCUT2D eigenvalue weighted by Gasteiger charge is 2.18. The number of anilines is 5. The van der Waals surface area contributed by atoms with Gasteiger partial charge in [-0.2, -0.15) is 0 Å². The van der Waals surface area contributed by atoms with Crippen molar-refractivity contribution in [2.45, 2.75) is 0 Å². The fraction of sp³-hybridized carbons (Fsp3) is 0.0256. The van der Waals surface area contributed by atoms with Crippen molar-refractivity contribution in [2.75, 3.05) is 16.8 Å². The maximum atomic E-state index is 2.39. The van der Waals surface area contributed by atoms with Gasteiger partial charge in [-0.25, -0.2) is 0 Å². The van der Waals surface area contributed by atoms with Gasteiger partial charge in [0, 0.05) is 34.9 Å². The molecule has 7 aromatic carbocycles. The van der Waals surface area contributed by atoms with E-state index in [-0.39, 0.29) is 0 Å². The number of nitrogens with zero attached hydrogens (tertiary/aromatic N) is 2. The van der Waals surface area contributed by atoms with E-state index >= 15 is 0 Å². The van der Waals surface area contributed by atoms with E-state index < -0.39 is 0 Å². The fourth-order valence-corrected chi connectivity index (χ4v) is 5.71. The third kappa shape index (κ3) is 4.70. The quantitative estimate of drug-likeness (QED) is 0.213. The molecular formula is C39H30N2. The summed E-state index contributed by atoms with van der Waals surface area (Å²) in [6.07, 6.45) is 0. The van der Waals surface area contributed by atoms with E-state index in [9.17, 15) is 0 Å². The van der Waals surface area contributed by atoms with Gasteiger partial charge in [0.25, 0.3) is 0 Å². The van der Waals surface area contributed by atoms with Gasteiger partial charge in [0.2, 0.25) is 0 Å². The van der Waals surface area contributed by atoms with Crippen LogP contribution in [0.3, 0.4) is 0 Å². The van der Waals surface area contributed by atoms with Crippen LogP contribution in [-0.2, 0) is 0 Å². The number of fused-ring (bicyclic) bond motifs is 2. The first-order chi connectivity index (χ1) is 20.3. The summed E-state index contributed by atoms with van der Waals surface area (Å²) in [6.45, 7) is 0. The second-order valence-electron chi connectivity index (χ2n) is 10.3. The molecule has 0 saturated heterocycles. The Bertz CT molecular complexity index is 1870. The van der Waals surface area contributed by atoms with Crippen LogP contribution in [0.25, 0.3) is 32.7 Å². The predicted octanol–water partition coefficient (Wildman–Crippen LogP) is 10.9. The van der Waals surface area contributed by atoms with Crippen molar-refractivity contribution in [3.05, 3.63) is 164 Å². The topological polar surface area (TPSA) is 6.48 Å². The van der Waals surface area contributed by atoms with E-state index in [1.165, 1.54) is 32.7 Å². The summed E-state index contributed by atoms with van der Waals surface area (Å²) in [5, 5.41) is 4.90. The first kappa shape index (κ1) is 24.7. The standard InChI is InChI=1S/C39H30N2/c1-40(35-19-9-18-32(28-35)29-12-3-2-4-13-29)33-24-26-34(27-25-33)41(38-22-10-16-30-14-5-7-20-36(30)38)39-23-11-17-31-15-6-8-21-37(31)39/h2-28H,1H3. The summed E-state index contributed by atoms with van der Waals surface area (Å²) in [4.78, 5) is 4.64. The van der Waals surface area contributed by atoms with Crippen molar-refractivity contribution in [2.24, 2.45) is 0 Å². The minimum absolute atomic E-state index is 1.12. The molecule has 0 saturated carbocycles. The lowest BCUT2D eigenvalue weighted by Gasteiger charge is -2.29. The van der Waals surface area contributed by atoms with Gasteiger partial charge in [0.1, 0.15) is 0 Å². The molecule has 2 heteroatoms. The van der Waals surface area contributed by atoms with Crippen molar-refractivity contribution in [1.29, 1.82) is 0 Å². The van der Waals surface area contributed by atoms with Crippen LogP contribution in [-0.4, -0.2) is 7.05 Å². The molecular weight excluding hydrogens is 496 g/mol. The molecule has 196 valence electrons. The third-order valence-corrected chi connectivity index (χ3v) is 7.85. The molecule has 0 N–H and O–H groups in total. The average molecular weight is 527 g/mol. The van der Waals surface area contributed by atoms with E-state index in [1.54, 1.807) is 0 Å². The lowest BCUT2D eigenvalue weighted by Crippen LogP contribution is -2.12. The molecule has 0 spiro atoms. The van der Waals surface area contributed by atoms with Crippen molar-refractivity contribution in [3.63, 3.8) is 0 Å². The van der Waals surface area contributed by atoms with Crippen LogP contribution >= 0.6 is 0 Å². The zero-order chi connectivity index (χ0) is 27.6. The highest BCUT2D eigenvalue weighted by Crippen LogP contribution is 2.42. The smallest absolute Gasteiger partial charge is 0.0540 e. The predicted molar refractivity (Wildman–Crippen MR) is 176 cm³/mol. The van der Waals surface area contributed by atoms with Gasteiger partial charge < -0.3 is 9.80 Å². The van der Waals surface area contributed by atoms with Crippen molar-refractivity contribution < 1.29 is 0 Å². The molecule has 2 nitrogen and oxygen atoms in total. The first-order valence-electron chi connectivity index (χ1n) is 14.0. The Morgan fingerprint density at radius 2 is 0.854 bits per heavy atom. The van der Waals surface area contributed by atoms with E-state index in [2.05, 4.69) is 181 Å². The minimum atomic E-state index is 1.12. The summed E-state index contributed by atoms with van der Waals surface area (Å²) in [7, 11) is 2.13. The summed E-state index contributed by atoms with van der Waals surface area (Å²) in [6, 6.07) is 58.5. The van der Waals surface area contributed by atoms with Gasteiger partial charge in [0.05, 0.1) is 11.4 Å². The van der Waals surface area contributed by atoms with Gasteiger partial charge >= 0.3 is 0 Å². The maximum Gasteiger partial charge on any atom is 0.0540 e. The zero-order valence-corrected chi connectivity index (χ0v) is 23.0. The van der Waals surface area contributed by atoms with E-state index in [4.69, 9.17) is 0 Å². The Hall–Kier alpha value is -5.34. The van der Waals surface area contributed by atoms with Gasteiger partial charge in [-0.15, -0.1) is 0 Å². The second-order valence-corrected chi connectivity index (χ2v) is 10.3. The van der Waals surface area contributed by atoms with Gasteiger partial charge in [0.15, 0.2) is 0 Å². The molecule has 0 unspecified atom stereocenters. The van der Waals surface area contributed by atoms with Crippen molar-refractivity contribution in [1.82, 2.24) is 0 Å². The summed E-state index contributed by atoms with van der Waals surface area (Å²) < 4.78 is 0. The summed E-state index contributed by atoms with van der Waals surface area (Å²) >= 11 is 0. The molecule has 7 aromatic rings. The van der Waals surface area contributed by atoms with E-state index in [0.717, 1.165) is 28.4 Å². The van der Waals surface area contributed by atoms with Crippen molar-refractivity contribution in [3.8, 4) is 11.1 Å². The molecule has 0 aromatic heterocycles. The highest BCUT2D eigenvalue weighted by atomic mass is 15.1. The van der Waals surface area contributed by atoms with Crippen LogP contribution in [0, 0.1) is 0 Å². The number of hydrogen-bond donors (Lipinski definition) is 0. The third-order valence-electron chi connectivity index (χ3n) is 7.85. The summed E-state index contributed by atoms with van der Waals surface area (Å²) in [5.41, 5.74) is 8.16. The molecule has 0 fully saturated rings. The maximum absolute atomic E-state index is 2.39. The highest BCUT2D eigenvalue weighted by molar-refractivity contribution is 6.04. The molecule has 0 aliphatic rings. The van der Waals surface area contributed by atoms with Crippen LogP contribution in [0.5, 0.6) is 0 Å². The lowest BCUT2D eigenvalue weighted by atomic mass is 10.0. The Labute approximate surface area is 241 Å². The van der Waals surface area contributed by atoms with Crippen LogP contribution in [0.4, 0.5) is 28.4 Å². The molecule has 0 atom stereocenters. The number of rotatable bonds is 6. The molecule has 0 aliphatic carbocycles. The molecule has 41 heavy (non-hydrogen) atoms. The number of benzene rings is 7. The van der Waals surface area contributed by atoms with Crippen LogP contribution in [0.2, 0.25) is 0 Å². The SMILES string of the molecule is CN(c1ccc(N(c2cccc3ccccc23)c2cccc3ccccc23)cc1)c1cccc(-c2ccccc2)c1. The molecule has 7 rings (SSSR count). The Kier molecular flexibility index (Phi) is 6.42. The number of hydrogen-bond acceptors (Lipinski definition) is 2. The monoisotopic (exact) mass is 526 g/mol. The largest absolute Gasteiger partial charge is 0.345 e. The summed E-state index contributed by atoms with van der Waals surface area (Å²) in [5.74, 6) is 0. The molecule has 0 aliphatic heterocycles. The van der Waals surface area contributed by atoms with Crippen LogP contribution < -0.4 is 9.80 Å². The van der Waals surface area contributed by atoms with Gasteiger partial charge in [-0.05, 0) is 70.4 Å². The Balaban J connectivity index is 1.32. The Morgan fingerprint density at radius 3 is 1.49 bits per heavy atom. The fourth-order valence-electron chi connectivity index (χ4n) is 5.71. The van der Waals surface area contributed by atoms with Gasteiger partial charge in [-0.1, -0.05) is 115 Å². The minimum Gasteiger partial charge on any atom is -0.345 e. The second kappa shape index (κ2) is 10.7. The Morgan fingerprint density at radius 1 is 0.366 bits per heavy atom. The van der Waals surface area contributed by atoms with Crippen molar-refractivity contribution >= 4 is 50.0 Å². The van der Waals surface area contributed by atoms with Crippen LogP contribution in [0.15, 0.2) is 164 Å². The lowest BCUT2D eigenvalue weighted by molar-refractivity contribution is 1.20. The molecule has 0 bridgehead atoms. The van der Waals surface area contributed by atoms with E-state index in [0.29, 0.717) is 0 Å². The normalized spacial score (nSPS) is 11.0. The van der Waals surface area contributed by atoms with Crippen LogP contribution in [0.1, 0.15) is 0 Å². The average Bonchev–Trinajstić information content (AvgIpc) is 3.05.